The van der Waals surface area contributed by atoms with Gasteiger partial charge in [-0.25, -0.2) is 9.78 Å². The van der Waals surface area contributed by atoms with E-state index in [2.05, 4.69) is 22.1 Å². The number of anilines is 1. The summed E-state index contributed by atoms with van der Waals surface area (Å²) in [5.41, 5.74) is 6.33. The first-order valence-corrected chi connectivity index (χ1v) is 5.17. The zero-order valence-electron chi connectivity index (χ0n) is 9.14. The zero-order valence-corrected chi connectivity index (χ0v) is 9.14. The van der Waals surface area contributed by atoms with E-state index in [-0.39, 0.29) is 5.56 Å². The summed E-state index contributed by atoms with van der Waals surface area (Å²) in [7, 11) is 0. The first-order chi connectivity index (χ1) is 8.66. The number of carbonyl (C=O) groups is 1. The van der Waals surface area contributed by atoms with Crippen LogP contribution in [0.5, 0.6) is 0 Å². The van der Waals surface area contributed by atoms with Crippen molar-refractivity contribution in [2.75, 3.05) is 5.73 Å². The van der Waals surface area contributed by atoms with Gasteiger partial charge in [0.15, 0.2) is 0 Å². The lowest BCUT2D eigenvalue weighted by atomic mass is 10.1. The van der Waals surface area contributed by atoms with Gasteiger partial charge < -0.3 is 10.8 Å². The van der Waals surface area contributed by atoms with Crippen LogP contribution in [-0.4, -0.2) is 21.0 Å². The van der Waals surface area contributed by atoms with Gasteiger partial charge in [0.25, 0.3) is 0 Å². The van der Waals surface area contributed by atoms with Crippen LogP contribution < -0.4 is 5.73 Å². The van der Waals surface area contributed by atoms with Gasteiger partial charge in [-0.05, 0) is 12.1 Å². The predicted molar refractivity (Wildman–Crippen MR) is 66.1 cm³/mol. The second-order valence-electron chi connectivity index (χ2n) is 3.79. The fraction of sp³-hybridized carbons (Fsp3) is 0. The van der Waals surface area contributed by atoms with Crippen LogP contribution in [0.3, 0.4) is 0 Å². The molecule has 0 fully saturated rings. The van der Waals surface area contributed by atoms with E-state index in [1.54, 1.807) is 18.5 Å². The van der Waals surface area contributed by atoms with Crippen molar-refractivity contribution >= 4 is 33.5 Å². The molecule has 2 heterocycles. The Hall–Kier alpha value is -2.87. The molecule has 0 amide bonds. The maximum absolute atomic E-state index is 10.9. The molecule has 0 atom stereocenters. The van der Waals surface area contributed by atoms with Gasteiger partial charge in [-0.3, -0.25) is 4.98 Å². The minimum Gasteiger partial charge on any atom is -0.477 e. The quantitative estimate of drug-likeness (QED) is 0.671. The molecule has 0 aliphatic rings. The lowest BCUT2D eigenvalue weighted by molar-refractivity contribution is 0.0697. The van der Waals surface area contributed by atoms with Crippen LogP contribution >= 0.6 is 0 Å². The first-order valence-electron chi connectivity index (χ1n) is 5.17. The third-order valence-corrected chi connectivity index (χ3v) is 2.70. The number of aromatic carboxylic acids is 1. The maximum Gasteiger partial charge on any atom is 0.344 e. The lowest BCUT2D eigenvalue weighted by Gasteiger charge is -2.03. The smallest absolute Gasteiger partial charge is 0.344 e. The Morgan fingerprint density at radius 1 is 1.33 bits per heavy atom. The van der Waals surface area contributed by atoms with E-state index < -0.39 is 5.97 Å². The van der Waals surface area contributed by atoms with Crippen molar-refractivity contribution in [1.29, 1.82) is 0 Å². The van der Waals surface area contributed by atoms with E-state index in [1.807, 2.05) is 0 Å². The summed E-state index contributed by atoms with van der Waals surface area (Å²) >= 11 is 0. The Balaban J connectivity index is 2.46. The van der Waals surface area contributed by atoms with E-state index in [9.17, 15) is 4.79 Å². The molecule has 0 spiro atoms. The molecular formula is C13H7N3O2. The van der Waals surface area contributed by atoms with Gasteiger partial charge in [-0.1, -0.05) is 12.1 Å². The highest BCUT2D eigenvalue weighted by Crippen LogP contribution is 2.25. The van der Waals surface area contributed by atoms with Crippen LogP contribution in [0.15, 0.2) is 24.5 Å². The second-order valence-corrected chi connectivity index (χ2v) is 3.79. The van der Waals surface area contributed by atoms with Gasteiger partial charge in [0.1, 0.15) is 11.4 Å². The molecule has 3 aromatic rings. The molecule has 0 saturated heterocycles. The molecule has 0 radical (unpaired) electrons. The van der Waals surface area contributed by atoms with Gasteiger partial charge in [0.2, 0.25) is 0 Å². The summed E-state index contributed by atoms with van der Waals surface area (Å²) in [5.74, 6) is -0.726. The van der Waals surface area contributed by atoms with Crippen LogP contribution in [-0.2, 0) is 0 Å². The number of fused-ring (bicyclic) bond motifs is 3. The molecule has 0 aliphatic carbocycles. The maximum atomic E-state index is 10.9. The molecule has 0 aliphatic heterocycles. The molecule has 3 N–H and O–H groups in total. The summed E-state index contributed by atoms with van der Waals surface area (Å²) < 4.78 is 0. The summed E-state index contributed by atoms with van der Waals surface area (Å²) in [6, 6.07) is 8.58. The summed E-state index contributed by atoms with van der Waals surface area (Å²) in [4.78, 5) is 19.1. The molecule has 5 heteroatoms. The number of hydrogen-bond acceptors (Lipinski definition) is 4. The monoisotopic (exact) mass is 237 g/mol. The minimum absolute atomic E-state index is 0.0117. The van der Waals surface area contributed by atoms with Crippen molar-refractivity contribution in [2.45, 2.75) is 0 Å². The predicted octanol–water partition coefficient (Wildman–Crippen LogP) is 1.66. The topological polar surface area (TPSA) is 89.1 Å². The van der Waals surface area contributed by atoms with E-state index in [0.29, 0.717) is 16.7 Å². The number of pyridine rings is 2. The van der Waals surface area contributed by atoms with Crippen molar-refractivity contribution in [1.82, 2.24) is 9.97 Å². The fourth-order valence-corrected chi connectivity index (χ4v) is 1.85. The first kappa shape index (κ1) is 10.3. The molecule has 0 bridgehead atoms. The molecule has 2 aromatic heterocycles. The highest BCUT2D eigenvalue weighted by Gasteiger charge is 2.08. The highest BCUT2D eigenvalue weighted by molar-refractivity contribution is 6.09. The SMILES string of the molecule is Nc1nc2cc(C(=O)O)c#cc2c2cnccc12. The molecule has 1 aromatic carbocycles. The summed E-state index contributed by atoms with van der Waals surface area (Å²) in [6.45, 7) is 0. The Morgan fingerprint density at radius 2 is 2.17 bits per heavy atom. The number of nitrogens with zero attached hydrogens (tertiary/aromatic N) is 2. The molecule has 86 valence electrons. The fourth-order valence-electron chi connectivity index (χ4n) is 1.85. The van der Waals surface area contributed by atoms with Crippen molar-refractivity contribution in [3.8, 4) is 0 Å². The number of aromatic nitrogens is 2. The minimum atomic E-state index is -1.07. The number of nitrogen functional groups attached to an aromatic ring is 1. The van der Waals surface area contributed by atoms with Gasteiger partial charge >= 0.3 is 5.97 Å². The molecule has 5 nitrogen and oxygen atoms in total. The van der Waals surface area contributed by atoms with Gasteiger partial charge in [0.05, 0.1) is 10.9 Å². The summed E-state index contributed by atoms with van der Waals surface area (Å²) in [6.07, 6.45) is 3.28. The van der Waals surface area contributed by atoms with Gasteiger partial charge in [-0.15, -0.1) is 0 Å². The Kier molecular flexibility index (Phi) is 2.04. The Bertz CT molecular complexity index is 784. The van der Waals surface area contributed by atoms with E-state index >= 15 is 0 Å². The second kappa shape index (κ2) is 3.57. The molecule has 3 rings (SSSR count). The van der Waals surface area contributed by atoms with Crippen LogP contribution in [0, 0.1) is 12.1 Å². The molecular weight excluding hydrogens is 230 g/mol. The van der Waals surface area contributed by atoms with Gasteiger partial charge in [0, 0.05) is 23.2 Å². The molecule has 18 heavy (non-hydrogen) atoms. The Labute approximate surface area is 102 Å². The van der Waals surface area contributed by atoms with Crippen molar-refractivity contribution in [3.63, 3.8) is 0 Å². The van der Waals surface area contributed by atoms with Crippen LogP contribution in [0.4, 0.5) is 5.82 Å². The largest absolute Gasteiger partial charge is 0.477 e. The third-order valence-electron chi connectivity index (χ3n) is 2.70. The number of carboxylic acid groups (broad SMARTS) is 1. The average Bonchev–Trinajstić information content (AvgIpc) is 2.38. The van der Waals surface area contributed by atoms with Crippen LogP contribution in [0.1, 0.15) is 10.4 Å². The van der Waals surface area contributed by atoms with E-state index in [4.69, 9.17) is 10.8 Å². The van der Waals surface area contributed by atoms with Crippen molar-refractivity contribution in [3.05, 3.63) is 42.2 Å². The number of hydrogen-bond donors (Lipinski definition) is 2. The third kappa shape index (κ3) is 1.40. The average molecular weight is 237 g/mol. The lowest BCUT2D eigenvalue weighted by Crippen LogP contribution is -1.97. The highest BCUT2D eigenvalue weighted by atomic mass is 16.4. The number of rotatable bonds is 1. The van der Waals surface area contributed by atoms with Crippen LogP contribution in [0.2, 0.25) is 0 Å². The normalized spacial score (nSPS) is 10.4. The number of nitrogens with two attached hydrogens (primary N) is 1. The molecule has 0 saturated carbocycles. The zero-order chi connectivity index (χ0) is 12.7. The van der Waals surface area contributed by atoms with E-state index in [0.717, 1.165) is 10.8 Å². The molecule has 0 unspecified atom stereocenters. The van der Waals surface area contributed by atoms with Crippen molar-refractivity contribution in [2.24, 2.45) is 0 Å². The van der Waals surface area contributed by atoms with Gasteiger partial charge in [-0.2, -0.15) is 0 Å². The van der Waals surface area contributed by atoms with Crippen LogP contribution in [0.25, 0.3) is 21.7 Å². The summed E-state index contributed by atoms with van der Waals surface area (Å²) in [5, 5.41) is 11.1. The number of carboxylic acids is 1. The van der Waals surface area contributed by atoms with E-state index in [1.165, 1.54) is 6.07 Å². The Morgan fingerprint density at radius 3 is 2.94 bits per heavy atom. The van der Waals surface area contributed by atoms with Crippen molar-refractivity contribution < 1.29 is 9.90 Å². The standard InChI is InChI=1S/C13H7N3O2/c14-12-9-3-4-15-6-10(9)8-2-1-7(13(17)18)5-11(8)16-12/h3-6H,(H2,14,16)(H,17,18).